The van der Waals surface area contributed by atoms with Crippen LogP contribution in [0.1, 0.15) is 16.7 Å². The zero-order valence-electron chi connectivity index (χ0n) is 17.7. The molecule has 1 saturated heterocycles. The van der Waals surface area contributed by atoms with Crippen LogP contribution >= 0.6 is 11.8 Å². The van der Waals surface area contributed by atoms with Gasteiger partial charge in [-0.25, -0.2) is 4.99 Å². The molecule has 2 heterocycles. The summed E-state index contributed by atoms with van der Waals surface area (Å²) in [6, 6.07) is 23.8. The molecule has 0 atom stereocenters. The number of carbonyl (C=O) groups is 1. The van der Waals surface area contributed by atoms with Crippen molar-refractivity contribution in [2.45, 2.75) is 13.3 Å². The maximum Gasteiger partial charge on any atom is 0.266 e. The fourth-order valence-electron chi connectivity index (χ4n) is 3.64. The van der Waals surface area contributed by atoms with Crippen LogP contribution in [0.3, 0.4) is 0 Å². The Hall–Kier alpha value is -3.51. The topological polar surface area (TPSA) is 51.1 Å². The van der Waals surface area contributed by atoms with Crippen LogP contribution in [-0.4, -0.2) is 29.3 Å². The van der Waals surface area contributed by atoms with Crippen LogP contribution in [0.2, 0.25) is 0 Å². The minimum atomic E-state index is -0.0299. The Morgan fingerprint density at radius 3 is 2.44 bits per heavy atom. The number of thioether (sulfide) groups is 1. The number of para-hydroxylation sites is 1. The summed E-state index contributed by atoms with van der Waals surface area (Å²) in [7, 11) is 0. The van der Waals surface area contributed by atoms with Crippen molar-refractivity contribution in [2.75, 3.05) is 13.3 Å². The number of fused-ring (bicyclic) bond motifs is 1. The molecule has 6 heteroatoms. The second kappa shape index (κ2) is 8.93. The summed E-state index contributed by atoms with van der Waals surface area (Å²) < 4.78 is 11.0. The first-order valence-corrected chi connectivity index (χ1v) is 11.3. The number of hydrogen-bond donors (Lipinski definition) is 0. The zero-order chi connectivity index (χ0) is 21.9. The summed E-state index contributed by atoms with van der Waals surface area (Å²) >= 11 is 1.41. The number of nitrogens with zero attached hydrogens (tertiary/aromatic N) is 2. The van der Waals surface area contributed by atoms with Gasteiger partial charge in [-0.3, -0.25) is 9.69 Å². The highest BCUT2D eigenvalue weighted by atomic mass is 32.2. The lowest BCUT2D eigenvalue weighted by Gasteiger charge is -2.15. The molecule has 2 aliphatic rings. The lowest BCUT2D eigenvalue weighted by atomic mass is 10.1. The molecule has 1 amide bonds. The summed E-state index contributed by atoms with van der Waals surface area (Å²) in [5.41, 5.74) is 3.98. The standard InChI is InChI=1S/C26H22N2O3S/c1-18-14-22-23(31-17-30-22)15-20(18)16-24-25(29)28(13-12-19-8-4-2-5-9-19)26(32-24)27-21-10-6-3-7-11-21/h2-11,14-16H,12-13,17H2,1H3/b24-16+,27-26?. The molecule has 0 spiro atoms. The van der Waals surface area contributed by atoms with Crippen molar-refractivity contribution < 1.29 is 14.3 Å². The van der Waals surface area contributed by atoms with Gasteiger partial charge in [-0.05, 0) is 72.1 Å². The molecule has 3 aromatic rings. The summed E-state index contributed by atoms with van der Waals surface area (Å²) in [5.74, 6) is 1.42. The lowest BCUT2D eigenvalue weighted by Crippen LogP contribution is -2.31. The van der Waals surface area contributed by atoms with Crippen molar-refractivity contribution in [1.29, 1.82) is 0 Å². The fraction of sp³-hybridized carbons (Fsp3) is 0.154. The molecule has 0 aliphatic carbocycles. The van der Waals surface area contributed by atoms with Gasteiger partial charge in [0, 0.05) is 6.54 Å². The van der Waals surface area contributed by atoms with Crippen LogP contribution in [0.25, 0.3) is 6.08 Å². The minimum absolute atomic E-state index is 0.0299. The van der Waals surface area contributed by atoms with E-state index in [0.29, 0.717) is 22.4 Å². The third kappa shape index (κ3) is 4.27. The summed E-state index contributed by atoms with van der Waals surface area (Å²) in [4.78, 5) is 20.6. The molecule has 0 aromatic heterocycles. The normalized spacial score (nSPS) is 17.5. The van der Waals surface area contributed by atoms with E-state index in [9.17, 15) is 4.79 Å². The Morgan fingerprint density at radius 2 is 1.69 bits per heavy atom. The van der Waals surface area contributed by atoms with Crippen LogP contribution in [0, 0.1) is 6.92 Å². The Kier molecular flexibility index (Phi) is 5.69. The molecule has 0 radical (unpaired) electrons. The fourth-order valence-corrected chi connectivity index (χ4v) is 4.66. The van der Waals surface area contributed by atoms with Gasteiger partial charge in [-0.15, -0.1) is 0 Å². The number of rotatable bonds is 5. The lowest BCUT2D eigenvalue weighted by molar-refractivity contribution is -0.122. The van der Waals surface area contributed by atoms with Crippen molar-refractivity contribution in [3.05, 3.63) is 94.4 Å². The number of carbonyl (C=O) groups excluding carboxylic acids is 1. The van der Waals surface area contributed by atoms with E-state index in [2.05, 4.69) is 12.1 Å². The molecular weight excluding hydrogens is 420 g/mol. The first kappa shape index (κ1) is 20.4. The van der Waals surface area contributed by atoms with E-state index in [4.69, 9.17) is 14.5 Å². The number of hydrogen-bond acceptors (Lipinski definition) is 5. The second-order valence-electron chi connectivity index (χ2n) is 7.60. The molecule has 0 saturated carbocycles. The molecular formula is C26H22N2O3S. The van der Waals surface area contributed by atoms with Crippen LogP contribution in [0.15, 0.2) is 82.7 Å². The van der Waals surface area contributed by atoms with E-state index >= 15 is 0 Å². The monoisotopic (exact) mass is 442 g/mol. The molecule has 3 aromatic carbocycles. The number of aryl methyl sites for hydroxylation is 1. The smallest absolute Gasteiger partial charge is 0.266 e. The average Bonchev–Trinajstić information content (AvgIpc) is 3.38. The molecule has 5 nitrogen and oxygen atoms in total. The van der Waals surface area contributed by atoms with Crippen molar-refractivity contribution in [2.24, 2.45) is 4.99 Å². The first-order chi connectivity index (χ1) is 15.7. The SMILES string of the molecule is Cc1cc2c(cc1/C=C1/SC(=Nc3ccccc3)N(CCc3ccccc3)C1=O)OCO2. The van der Waals surface area contributed by atoms with Gasteiger partial charge in [-0.1, -0.05) is 48.5 Å². The van der Waals surface area contributed by atoms with E-state index in [1.54, 1.807) is 4.90 Å². The predicted molar refractivity (Wildman–Crippen MR) is 128 cm³/mol. The van der Waals surface area contributed by atoms with E-state index in [0.717, 1.165) is 29.0 Å². The number of ether oxygens (including phenoxy) is 2. The van der Waals surface area contributed by atoms with Crippen molar-refractivity contribution in [3.8, 4) is 11.5 Å². The van der Waals surface area contributed by atoms with Crippen molar-refractivity contribution >= 4 is 34.6 Å². The Balaban J connectivity index is 1.46. The largest absolute Gasteiger partial charge is 0.454 e. The Labute approximate surface area is 191 Å². The van der Waals surface area contributed by atoms with Crippen LogP contribution in [-0.2, 0) is 11.2 Å². The van der Waals surface area contributed by atoms with Gasteiger partial charge >= 0.3 is 0 Å². The van der Waals surface area contributed by atoms with Gasteiger partial charge in [0.15, 0.2) is 16.7 Å². The number of benzene rings is 3. The maximum absolute atomic E-state index is 13.4. The third-order valence-corrected chi connectivity index (χ3v) is 6.39. The average molecular weight is 443 g/mol. The quantitative estimate of drug-likeness (QED) is 0.485. The molecule has 0 unspecified atom stereocenters. The van der Waals surface area contributed by atoms with Crippen LogP contribution in [0.5, 0.6) is 11.5 Å². The highest BCUT2D eigenvalue weighted by Crippen LogP contribution is 2.38. The van der Waals surface area contributed by atoms with Gasteiger partial charge in [-0.2, -0.15) is 0 Å². The molecule has 32 heavy (non-hydrogen) atoms. The molecule has 2 aliphatic heterocycles. The van der Waals surface area contributed by atoms with E-state index in [1.165, 1.54) is 17.3 Å². The van der Waals surface area contributed by atoms with E-state index < -0.39 is 0 Å². The van der Waals surface area contributed by atoms with Crippen LogP contribution in [0.4, 0.5) is 5.69 Å². The van der Waals surface area contributed by atoms with Crippen LogP contribution < -0.4 is 9.47 Å². The third-order valence-electron chi connectivity index (χ3n) is 5.38. The highest BCUT2D eigenvalue weighted by molar-refractivity contribution is 8.18. The molecule has 5 rings (SSSR count). The second-order valence-corrected chi connectivity index (χ2v) is 8.60. The van der Waals surface area contributed by atoms with Gasteiger partial charge in [0.25, 0.3) is 5.91 Å². The van der Waals surface area contributed by atoms with Gasteiger partial charge < -0.3 is 9.47 Å². The molecule has 160 valence electrons. The Bertz CT molecular complexity index is 1210. The van der Waals surface area contributed by atoms with Crippen molar-refractivity contribution in [3.63, 3.8) is 0 Å². The van der Waals surface area contributed by atoms with Gasteiger partial charge in [0.05, 0.1) is 10.6 Å². The Morgan fingerprint density at radius 1 is 1.00 bits per heavy atom. The van der Waals surface area contributed by atoms with Gasteiger partial charge in [0.1, 0.15) is 0 Å². The minimum Gasteiger partial charge on any atom is -0.454 e. The zero-order valence-corrected chi connectivity index (χ0v) is 18.5. The number of aliphatic imine (C=N–C) groups is 1. The predicted octanol–water partition coefficient (Wildman–Crippen LogP) is 5.57. The molecule has 0 N–H and O–H groups in total. The number of amides is 1. The van der Waals surface area contributed by atoms with Crippen molar-refractivity contribution in [1.82, 2.24) is 4.90 Å². The van der Waals surface area contributed by atoms with Gasteiger partial charge in [0.2, 0.25) is 6.79 Å². The maximum atomic E-state index is 13.4. The van der Waals surface area contributed by atoms with E-state index in [1.807, 2.05) is 73.7 Å². The highest BCUT2D eigenvalue weighted by Gasteiger charge is 2.33. The first-order valence-electron chi connectivity index (χ1n) is 10.5. The number of amidine groups is 1. The van der Waals surface area contributed by atoms with E-state index in [-0.39, 0.29) is 12.7 Å². The summed E-state index contributed by atoms with van der Waals surface area (Å²) in [5, 5.41) is 0.696. The molecule has 1 fully saturated rings. The molecule has 0 bridgehead atoms. The summed E-state index contributed by atoms with van der Waals surface area (Å²) in [6.07, 6.45) is 2.69. The summed E-state index contributed by atoms with van der Waals surface area (Å²) in [6.45, 7) is 2.80.